The van der Waals surface area contributed by atoms with Crippen LogP contribution in [0.15, 0.2) is 85.5 Å². The minimum Gasteiger partial charge on any atom is -0.103 e. The van der Waals surface area contributed by atoms with Gasteiger partial charge in [0.15, 0.2) is 0 Å². The Labute approximate surface area is 176 Å². The van der Waals surface area contributed by atoms with E-state index in [4.69, 9.17) is 0 Å². The topological polar surface area (TPSA) is 0 Å². The summed E-state index contributed by atoms with van der Waals surface area (Å²) in [6.45, 7) is 5.99. The molecule has 0 fully saturated rings. The highest BCUT2D eigenvalue weighted by Crippen LogP contribution is 2.20. The Balaban J connectivity index is 1.60. The van der Waals surface area contributed by atoms with E-state index in [2.05, 4.69) is 98.1 Å². The van der Waals surface area contributed by atoms with Crippen molar-refractivity contribution >= 4 is 0 Å². The van der Waals surface area contributed by atoms with Crippen LogP contribution >= 0.6 is 0 Å². The number of unbranched alkanes of at least 4 members (excludes halogenated alkanes) is 2. The lowest BCUT2D eigenvalue weighted by Crippen LogP contribution is -1.86. The van der Waals surface area contributed by atoms with Gasteiger partial charge >= 0.3 is 0 Å². The Morgan fingerprint density at radius 2 is 1.14 bits per heavy atom. The third-order valence-corrected chi connectivity index (χ3v) is 5.14. The van der Waals surface area contributed by atoms with Crippen LogP contribution in [0.25, 0.3) is 11.1 Å². The second-order valence-electron chi connectivity index (χ2n) is 7.51. The van der Waals surface area contributed by atoms with Crippen LogP contribution in [0.5, 0.6) is 0 Å². The molecule has 0 amide bonds. The van der Waals surface area contributed by atoms with Crippen molar-refractivity contribution in [2.24, 2.45) is 0 Å². The van der Waals surface area contributed by atoms with Gasteiger partial charge in [0.25, 0.3) is 0 Å². The molecule has 3 rings (SSSR count). The van der Waals surface area contributed by atoms with Gasteiger partial charge in [-0.2, -0.15) is 0 Å². The number of allylic oxidation sites excluding steroid dienone is 1. The molecule has 0 saturated carbocycles. The van der Waals surface area contributed by atoms with Crippen molar-refractivity contribution in [2.75, 3.05) is 0 Å². The zero-order valence-electron chi connectivity index (χ0n) is 17.5. The first-order chi connectivity index (χ1) is 14.3. The fourth-order valence-electron chi connectivity index (χ4n) is 3.42. The summed E-state index contributed by atoms with van der Waals surface area (Å²) in [5.41, 5.74) is 7.39. The molecule has 0 heteroatoms. The molecule has 0 unspecified atom stereocenters. The molecule has 0 heterocycles. The maximum Gasteiger partial charge on any atom is 0.0249 e. The lowest BCUT2D eigenvalue weighted by atomic mass is 10.0. The van der Waals surface area contributed by atoms with E-state index in [1.54, 1.807) is 0 Å². The van der Waals surface area contributed by atoms with Gasteiger partial charge in [-0.1, -0.05) is 79.8 Å². The van der Waals surface area contributed by atoms with Crippen molar-refractivity contribution in [2.45, 2.75) is 45.4 Å². The smallest absolute Gasteiger partial charge is 0.0249 e. The molecule has 0 aliphatic heterocycles. The highest BCUT2D eigenvalue weighted by atomic mass is 14.0. The van der Waals surface area contributed by atoms with E-state index in [0.717, 1.165) is 30.4 Å². The molecule has 0 bridgehead atoms. The van der Waals surface area contributed by atoms with Crippen molar-refractivity contribution < 1.29 is 0 Å². The Hall–Kier alpha value is -3.04. The summed E-state index contributed by atoms with van der Waals surface area (Å²) in [5, 5.41) is 0. The standard InChI is InChI=1S/C29H30/c1-3-5-6-7-9-25-10-12-26(13-11-25)14-15-27-18-22-29(23-19-27)28-20-16-24(8-4-2)17-21-28/h3,10-13,16-23H,1,4-9H2,2H3. The molecule has 3 aromatic carbocycles. The fraction of sp³-hybridized carbons (Fsp3) is 0.241. The third kappa shape index (κ3) is 6.51. The number of rotatable bonds is 8. The minimum absolute atomic E-state index is 1.05. The molecule has 0 atom stereocenters. The maximum absolute atomic E-state index is 3.78. The predicted octanol–water partition coefficient (Wildman–Crippen LogP) is 7.60. The number of hydrogen-bond acceptors (Lipinski definition) is 0. The van der Waals surface area contributed by atoms with Gasteiger partial charge in [0, 0.05) is 11.1 Å². The summed E-state index contributed by atoms with van der Waals surface area (Å²) in [5.74, 6) is 6.57. The van der Waals surface area contributed by atoms with Gasteiger partial charge in [0.05, 0.1) is 0 Å². The minimum atomic E-state index is 1.05. The van der Waals surface area contributed by atoms with Gasteiger partial charge in [-0.3, -0.25) is 0 Å². The Kier molecular flexibility index (Phi) is 7.90. The Morgan fingerprint density at radius 1 is 0.655 bits per heavy atom. The van der Waals surface area contributed by atoms with Crippen molar-refractivity contribution in [3.63, 3.8) is 0 Å². The molecule has 0 nitrogen and oxygen atoms in total. The summed E-state index contributed by atoms with van der Waals surface area (Å²) < 4.78 is 0. The molecule has 0 aliphatic rings. The molecule has 0 aliphatic carbocycles. The second kappa shape index (κ2) is 11.1. The van der Waals surface area contributed by atoms with Gasteiger partial charge in [0.1, 0.15) is 0 Å². The number of aryl methyl sites for hydroxylation is 2. The molecule has 3 aromatic rings. The van der Waals surface area contributed by atoms with E-state index in [-0.39, 0.29) is 0 Å². The lowest BCUT2D eigenvalue weighted by Gasteiger charge is -2.04. The molecular weight excluding hydrogens is 348 g/mol. The Morgan fingerprint density at radius 3 is 1.69 bits per heavy atom. The molecule has 0 N–H and O–H groups in total. The van der Waals surface area contributed by atoms with Gasteiger partial charge in [0.2, 0.25) is 0 Å². The van der Waals surface area contributed by atoms with Crippen LogP contribution in [0.4, 0.5) is 0 Å². The van der Waals surface area contributed by atoms with Gasteiger partial charge < -0.3 is 0 Å². The molecule has 0 radical (unpaired) electrons. The lowest BCUT2D eigenvalue weighted by molar-refractivity contribution is 0.748. The molecule has 29 heavy (non-hydrogen) atoms. The molecule has 0 spiro atoms. The van der Waals surface area contributed by atoms with Crippen molar-refractivity contribution in [3.8, 4) is 23.0 Å². The van der Waals surface area contributed by atoms with Crippen LogP contribution < -0.4 is 0 Å². The van der Waals surface area contributed by atoms with E-state index in [0.29, 0.717) is 0 Å². The van der Waals surface area contributed by atoms with Gasteiger partial charge in [-0.15, -0.1) is 6.58 Å². The summed E-state index contributed by atoms with van der Waals surface area (Å²) >= 11 is 0. The zero-order chi connectivity index (χ0) is 20.3. The second-order valence-corrected chi connectivity index (χ2v) is 7.51. The fourth-order valence-corrected chi connectivity index (χ4v) is 3.42. The van der Waals surface area contributed by atoms with Crippen LogP contribution in [0.2, 0.25) is 0 Å². The summed E-state index contributed by atoms with van der Waals surface area (Å²) in [7, 11) is 0. The Bertz CT molecular complexity index is 946. The first-order valence-corrected chi connectivity index (χ1v) is 10.7. The average Bonchev–Trinajstić information content (AvgIpc) is 2.77. The predicted molar refractivity (Wildman–Crippen MR) is 126 cm³/mol. The maximum atomic E-state index is 3.78. The molecule has 0 saturated heterocycles. The first-order valence-electron chi connectivity index (χ1n) is 10.7. The van der Waals surface area contributed by atoms with E-state index in [1.807, 2.05) is 6.08 Å². The highest BCUT2D eigenvalue weighted by Gasteiger charge is 1.99. The zero-order valence-corrected chi connectivity index (χ0v) is 17.5. The quantitative estimate of drug-likeness (QED) is 0.215. The number of hydrogen-bond donors (Lipinski definition) is 0. The van der Waals surface area contributed by atoms with Crippen molar-refractivity contribution in [1.29, 1.82) is 0 Å². The van der Waals surface area contributed by atoms with Crippen molar-refractivity contribution in [1.82, 2.24) is 0 Å². The summed E-state index contributed by atoms with van der Waals surface area (Å²) in [4.78, 5) is 0. The van der Waals surface area contributed by atoms with Gasteiger partial charge in [-0.05, 0) is 78.6 Å². The highest BCUT2D eigenvalue weighted by molar-refractivity contribution is 5.64. The molecule has 0 aromatic heterocycles. The largest absolute Gasteiger partial charge is 0.103 e. The van der Waals surface area contributed by atoms with Crippen molar-refractivity contribution in [3.05, 3.63) is 108 Å². The van der Waals surface area contributed by atoms with E-state index in [9.17, 15) is 0 Å². The van der Waals surface area contributed by atoms with Crippen LogP contribution in [0.1, 0.15) is 54.9 Å². The molecule has 146 valence electrons. The monoisotopic (exact) mass is 378 g/mol. The first kappa shape index (κ1) is 20.7. The van der Waals surface area contributed by atoms with Crippen LogP contribution in [0, 0.1) is 11.8 Å². The third-order valence-electron chi connectivity index (χ3n) is 5.14. The van der Waals surface area contributed by atoms with Crippen LogP contribution in [-0.2, 0) is 12.8 Å². The van der Waals surface area contributed by atoms with Crippen LogP contribution in [0.3, 0.4) is 0 Å². The normalized spacial score (nSPS) is 10.2. The summed E-state index contributed by atoms with van der Waals surface area (Å²) in [6, 6.07) is 26.1. The summed E-state index contributed by atoms with van der Waals surface area (Å²) in [6.07, 6.45) is 8.98. The van der Waals surface area contributed by atoms with Crippen LogP contribution in [-0.4, -0.2) is 0 Å². The van der Waals surface area contributed by atoms with E-state index >= 15 is 0 Å². The van der Waals surface area contributed by atoms with E-state index in [1.165, 1.54) is 41.5 Å². The SMILES string of the molecule is C=CCCCCc1ccc(C#Cc2ccc(-c3ccc(CCC)cc3)cc2)cc1. The van der Waals surface area contributed by atoms with E-state index < -0.39 is 0 Å². The van der Waals surface area contributed by atoms with Gasteiger partial charge in [-0.25, -0.2) is 0 Å². The average molecular weight is 379 g/mol. The number of benzene rings is 3. The molecular formula is C29H30.